The molecule has 0 aliphatic heterocycles. The quantitative estimate of drug-likeness (QED) is 0.876. The van der Waals surface area contributed by atoms with Crippen molar-refractivity contribution in [2.24, 2.45) is 0 Å². The van der Waals surface area contributed by atoms with Crippen LogP contribution in [0.15, 0.2) is 18.2 Å². The molecule has 1 unspecified atom stereocenters. The van der Waals surface area contributed by atoms with E-state index in [0.717, 1.165) is 0 Å². The molecule has 4 heteroatoms. The molecule has 0 bridgehead atoms. The van der Waals surface area contributed by atoms with Gasteiger partial charge < -0.3 is 10.1 Å². The molecule has 0 aliphatic rings. The van der Waals surface area contributed by atoms with Crippen LogP contribution < -0.4 is 10.1 Å². The van der Waals surface area contributed by atoms with Crippen molar-refractivity contribution >= 4 is 5.91 Å². The monoisotopic (exact) mass is 239 g/mol. The van der Waals surface area contributed by atoms with Gasteiger partial charge in [-0.15, -0.1) is 0 Å². The lowest BCUT2D eigenvalue weighted by atomic mass is 10.2. The molecule has 0 fully saturated rings. The zero-order chi connectivity index (χ0) is 13.0. The van der Waals surface area contributed by atoms with Crippen LogP contribution in [0.25, 0.3) is 0 Å². The smallest absolute Gasteiger partial charge is 0.260 e. The molecule has 0 aliphatic carbocycles. The van der Waals surface area contributed by atoms with Crippen LogP contribution in [0.1, 0.15) is 26.3 Å². The van der Waals surface area contributed by atoms with Gasteiger partial charge in [-0.05, 0) is 51.5 Å². The number of carbonyl (C=O) groups is 1. The van der Waals surface area contributed by atoms with Gasteiger partial charge in [-0.1, -0.05) is 0 Å². The Morgan fingerprint density at radius 1 is 1.35 bits per heavy atom. The van der Waals surface area contributed by atoms with Gasteiger partial charge in [-0.25, -0.2) is 4.39 Å². The summed E-state index contributed by atoms with van der Waals surface area (Å²) in [7, 11) is 0. The van der Waals surface area contributed by atoms with E-state index in [4.69, 9.17) is 4.74 Å². The average Bonchev–Trinajstić information content (AvgIpc) is 2.21. The molecule has 1 aromatic rings. The van der Waals surface area contributed by atoms with Gasteiger partial charge in [0.15, 0.2) is 6.10 Å². The summed E-state index contributed by atoms with van der Waals surface area (Å²) in [6.07, 6.45) is -0.596. The number of benzene rings is 1. The van der Waals surface area contributed by atoms with Gasteiger partial charge in [0.25, 0.3) is 5.91 Å². The Labute approximate surface area is 101 Å². The Hall–Kier alpha value is -1.58. The highest BCUT2D eigenvalue weighted by Crippen LogP contribution is 2.19. The minimum Gasteiger partial charge on any atom is -0.481 e. The number of carbonyl (C=O) groups excluding carboxylic acids is 1. The molecule has 94 valence electrons. The Bertz CT molecular complexity index is 404. The predicted octanol–water partition coefficient (Wildman–Crippen LogP) is 2.43. The molecule has 1 N–H and O–H groups in total. The van der Waals surface area contributed by atoms with Gasteiger partial charge in [-0.3, -0.25) is 4.79 Å². The lowest BCUT2D eigenvalue weighted by molar-refractivity contribution is -0.127. The fourth-order valence-electron chi connectivity index (χ4n) is 1.39. The number of aryl methyl sites for hydroxylation is 1. The maximum absolute atomic E-state index is 12.9. The van der Waals surface area contributed by atoms with Crippen LogP contribution in [0.3, 0.4) is 0 Å². The summed E-state index contributed by atoms with van der Waals surface area (Å²) in [4.78, 5) is 11.6. The van der Waals surface area contributed by atoms with Crippen molar-refractivity contribution in [1.82, 2.24) is 5.32 Å². The zero-order valence-electron chi connectivity index (χ0n) is 10.6. The first-order valence-electron chi connectivity index (χ1n) is 5.63. The molecule has 1 aromatic carbocycles. The molecule has 0 saturated heterocycles. The third kappa shape index (κ3) is 4.06. The number of halogens is 1. The molecule has 17 heavy (non-hydrogen) atoms. The van der Waals surface area contributed by atoms with E-state index >= 15 is 0 Å². The van der Waals surface area contributed by atoms with Gasteiger partial charge in [0.05, 0.1) is 0 Å². The lowest BCUT2D eigenvalue weighted by Gasteiger charge is -2.17. The van der Waals surface area contributed by atoms with E-state index in [1.165, 1.54) is 18.2 Å². The van der Waals surface area contributed by atoms with Crippen molar-refractivity contribution in [3.05, 3.63) is 29.6 Å². The number of hydrogen-bond acceptors (Lipinski definition) is 2. The fourth-order valence-corrected chi connectivity index (χ4v) is 1.39. The summed E-state index contributed by atoms with van der Waals surface area (Å²) < 4.78 is 18.4. The maximum atomic E-state index is 12.9. The van der Waals surface area contributed by atoms with Crippen LogP contribution in [0.4, 0.5) is 4.39 Å². The van der Waals surface area contributed by atoms with E-state index in [2.05, 4.69) is 5.32 Å². The highest BCUT2D eigenvalue weighted by molar-refractivity contribution is 5.80. The average molecular weight is 239 g/mol. The molecular formula is C13H18FNO2. The highest BCUT2D eigenvalue weighted by atomic mass is 19.1. The van der Waals surface area contributed by atoms with Crippen LogP contribution in [-0.2, 0) is 4.79 Å². The normalized spacial score (nSPS) is 12.4. The van der Waals surface area contributed by atoms with Gasteiger partial charge >= 0.3 is 0 Å². The summed E-state index contributed by atoms with van der Waals surface area (Å²) in [6.45, 7) is 7.17. The summed E-state index contributed by atoms with van der Waals surface area (Å²) in [5.41, 5.74) is 0.675. The first-order chi connectivity index (χ1) is 7.90. The number of hydrogen-bond donors (Lipinski definition) is 1. The maximum Gasteiger partial charge on any atom is 0.260 e. The summed E-state index contributed by atoms with van der Waals surface area (Å²) >= 11 is 0. The van der Waals surface area contributed by atoms with Crippen molar-refractivity contribution in [3.8, 4) is 5.75 Å². The second-order valence-electron chi connectivity index (χ2n) is 4.33. The lowest BCUT2D eigenvalue weighted by Crippen LogP contribution is -2.40. The molecule has 1 rings (SSSR count). The molecule has 1 amide bonds. The largest absolute Gasteiger partial charge is 0.481 e. The number of amides is 1. The zero-order valence-corrected chi connectivity index (χ0v) is 10.6. The second-order valence-corrected chi connectivity index (χ2v) is 4.33. The Morgan fingerprint density at radius 3 is 2.53 bits per heavy atom. The molecule has 0 spiro atoms. The summed E-state index contributed by atoms with van der Waals surface area (Å²) in [6, 6.07) is 4.30. The van der Waals surface area contributed by atoms with Crippen molar-refractivity contribution in [2.45, 2.75) is 39.8 Å². The van der Waals surface area contributed by atoms with Gasteiger partial charge in [0, 0.05) is 6.04 Å². The van der Waals surface area contributed by atoms with Crippen LogP contribution >= 0.6 is 0 Å². The van der Waals surface area contributed by atoms with Crippen LogP contribution in [-0.4, -0.2) is 18.1 Å². The van der Waals surface area contributed by atoms with Gasteiger partial charge in [0.1, 0.15) is 11.6 Å². The van der Waals surface area contributed by atoms with Crippen molar-refractivity contribution in [3.63, 3.8) is 0 Å². The minimum atomic E-state index is -0.596. The first kappa shape index (κ1) is 13.5. The van der Waals surface area contributed by atoms with E-state index in [9.17, 15) is 9.18 Å². The third-order valence-corrected chi connectivity index (χ3v) is 2.24. The van der Waals surface area contributed by atoms with Gasteiger partial charge in [0.2, 0.25) is 0 Å². The first-order valence-corrected chi connectivity index (χ1v) is 5.63. The molecule has 0 aromatic heterocycles. The van der Waals surface area contributed by atoms with E-state index in [0.29, 0.717) is 11.3 Å². The molecule has 3 nitrogen and oxygen atoms in total. The van der Waals surface area contributed by atoms with E-state index in [1.807, 2.05) is 13.8 Å². The number of nitrogens with one attached hydrogen (secondary N) is 1. The van der Waals surface area contributed by atoms with E-state index < -0.39 is 6.10 Å². The molecule has 0 saturated carbocycles. The predicted molar refractivity (Wildman–Crippen MR) is 64.5 cm³/mol. The molecule has 1 atom stereocenters. The number of rotatable bonds is 4. The Morgan fingerprint density at radius 2 is 2.00 bits per heavy atom. The SMILES string of the molecule is Cc1cc(F)ccc1OC(C)C(=O)NC(C)C. The summed E-state index contributed by atoms with van der Waals surface area (Å²) in [5.74, 6) is 0.0377. The second kappa shape index (κ2) is 5.66. The Kier molecular flexibility index (Phi) is 4.49. The Balaban J connectivity index is 2.67. The number of ether oxygens (including phenoxy) is 1. The fraction of sp³-hybridized carbons (Fsp3) is 0.462. The summed E-state index contributed by atoms with van der Waals surface area (Å²) in [5, 5.41) is 2.76. The van der Waals surface area contributed by atoms with Gasteiger partial charge in [-0.2, -0.15) is 0 Å². The van der Waals surface area contributed by atoms with Crippen LogP contribution in [0, 0.1) is 12.7 Å². The minimum absolute atomic E-state index is 0.0721. The molecule has 0 heterocycles. The third-order valence-electron chi connectivity index (χ3n) is 2.24. The van der Waals surface area contributed by atoms with Crippen molar-refractivity contribution < 1.29 is 13.9 Å². The molecule has 0 radical (unpaired) electrons. The van der Waals surface area contributed by atoms with E-state index in [1.54, 1.807) is 13.8 Å². The molecular weight excluding hydrogens is 221 g/mol. The van der Waals surface area contributed by atoms with Crippen molar-refractivity contribution in [1.29, 1.82) is 0 Å². The topological polar surface area (TPSA) is 38.3 Å². The van der Waals surface area contributed by atoms with Crippen LogP contribution in [0.2, 0.25) is 0 Å². The highest BCUT2D eigenvalue weighted by Gasteiger charge is 2.16. The van der Waals surface area contributed by atoms with E-state index in [-0.39, 0.29) is 17.8 Å². The van der Waals surface area contributed by atoms with Crippen molar-refractivity contribution in [2.75, 3.05) is 0 Å². The standard InChI is InChI=1S/C13H18FNO2/c1-8(2)15-13(16)10(4)17-12-6-5-11(14)7-9(12)3/h5-8,10H,1-4H3,(H,15,16). The van der Waals surface area contributed by atoms with Crippen LogP contribution in [0.5, 0.6) is 5.75 Å².